The number of hydrogen-bond acceptors (Lipinski definition) is 7. The standard InChI is InChI=1S/C18H19N5O2S.C2H4O/c19-26(25)15-8-4-7-14(11-15)22-18-20-10-9-17(23-18)21-12-16(24)13-5-2-1-3-6-13;1-2-3/h1-11,16,24H,12,19H2,(H2,20,21,22,23);2H,1H3. The molecule has 0 saturated carbocycles. The number of nitrogens with zero attached hydrogens (tertiary/aromatic N) is 2. The number of anilines is 3. The topological polar surface area (TPSA) is 130 Å². The van der Waals surface area contributed by atoms with Crippen LogP contribution in [0.4, 0.5) is 17.5 Å². The summed E-state index contributed by atoms with van der Waals surface area (Å²) in [4.78, 5) is 17.8. The van der Waals surface area contributed by atoms with Gasteiger partial charge >= 0.3 is 0 Å². The quantitative estimate of drug-likeness (QED) is 0.438. The van der Waals surface area contributed by atoms with Crippen molar-refractivity contribution in [3.63, 3.8) is 0 Å². The molecule has 0 amide bonds. The fraction of sp³-hybridized carbons (Fsp3) is 0.150. The predicted molar refractivity (Wildman–Crippen MR) is 114 cm³/mol. The van der Waals surface area contributed by atoms with Gasteiger partial charge in [0.1, 0.15) is 23.1 Å². The summed E-state index contributed by atoms with van der Waals surface area (Å²) in [5, 5.41) is 21.7. The first-order valence-electron chi connectivity index (χ1n) is 8.76. The first-order valence-corrected chi connectivity index (χ1v) is 9.97. The van der Waals surface area contributed by atoms with E-state index in [1.54, 1.807) is 36.5 Å². The Balaban J connectivity index is 0.000000941. The van der Waals surface area contributed by atoms with Crippen LogP contribution in [0.3, 0.4) is 0 Å². The highest BCUT2D eigenvalue weighted by atomic mass is 32.2. The van der Waals surface area contributed by atoms with E-state index in [1.165, 1.54) is 6.92 Å². The van der Waals surface area contributed by atoms with Crippen LogP contribution in [0.5, 0.6) is 0 Å². The van der Waals surface area contributed by atoms with E-state index in [9.17, 15) is 9.32 Å². The summed E-state index contributed by atoms with van der Waals surface area (Å²) in [5.74, 6) is 0.959. The Labute approximate surface area is 171 Å². The molecule has 1 heterocycles. The van der Waals surface area contributed by atoms with E-state index in [0.717, 1.165) is 11.8 Å². The number of benzene rings is 2. The van der Waals surface area contributed by atoms with E-state index in [-0.39, 0.29) is 0 Å². The summed E-state index contributed by atoms with van der Waals surface area (Å²) in [6, 6.07) is 18.0. The third-order valence-corrected chi connectivity index (χ3v) is 4.36. The van der Waals surface area contributed by atoms with E-state index in [1.807, 2.05) is 30.3 Å². The average molecular weight is 414 g/mol. The second kappa shape index (κ2) is 11.6. The van der Waals surface area contributed by atoms with Gasteiger partial charge in [0.05, 0.1) is 11.0 Å². The number of nitrogens with two attached hydrogens (primary N) is 1. The van der Waals surface area contributed by atoms with Crippen LogP contribution in [-0.2, 0) is 15.8 Å². The maximum absolute atomic E-state index is 11.4. The van der Waals surface area contributed by atoms with Crippen LogP contribution in [0.25, 0.3) is 0 Å². The number of nitrogens with one attached hydrogen (secondary N) is 2. The zero-order chi connectivity index (χ0) is 21.1. The molecule has 1 aromatic heterocycles. The first kappa shape index (κ1) is 22.2. The molecular formula is C20H23N5O3S. The number of carbonyl (C=O) groups is 1. The van der Waals surface area contributed by atoms with Crippen molar-refractivity contribution in [3.05, 3.63) is 72.4 Å². The van der Waals surface area contributed by atoms with Gasteiger partial charge in [0.2, 0.25) is 5.95 Å². The highest BCUT2D eigenvalue weighted by molar-refractivity contribution is 7.82. The fourth-order valence-corrected chi connectivity index (χ4v) is 2.80. The summed E-state index contributed by atoms with van der Waals surface area (Å²) in [6.45, 7) is 1.77. The lowest BCUT2D eigenvalue weighted by molar-refractivity contribution is -0.106. The highest BCUT2D eigenvalue weighted by Gasteiger charge is 2.08. The maximum atomic E-state index is 11.4. The molecule has 29 heavy (non-hydrogen) atoms. The molecule has 0 fully saturated rings. The van der Waals surface area contributed by atoms with Gasteiger partial charge in [-0.1, -0.05) is 36.4 Å². The molecule has 0 radical (unpaired) electrons. The minimum Gasteiger partial charge on any atom is -0.387 e. The Hall–Kier alpha value is -3.14. The van der Waals surface area contributed by atoms with Gasteiger partial charge < -0.3 is 20.5 Å². The molecule has 2 atom stereocenters. The molecule has 0 aliphatic heterocycles. The lowest BCUT2D eigenvalue weighted by Gasteiger charge is -2.13. The van der Waals surface area contributed by atoms with Gasteiger partial charge in [-0.25, -0.2) is 14.3 Å². The maximum Gasteiger partial charge on any atom is 0.229 e. The molecule has 2 aromatic carbocycles. The third kappa shape index (κ3) is 7.41. The Morgan fingerprint density at radius 1 is 1.17 bits per heavy atom. The van der Waals surface area contributed by atoms with Gasteiger partial charge in [0.25, 0.3) is 0 Å². The summed E-state index contributed by atoms with van der Waals surface area (Å²) in [6.07, 6.45) is 1.72. The summed E-state index contributed by atoms with van der Waals surface area (Å²) < 4.78 is 11.4. The number of aromatic nitrogens is 2. The van der Waals surface area contributed by atoms with Crippen LogP contribution in [-0.4, -0.2) is 32.1 Å². The molecule has 3 rings (SSSR count). The molecule has 9 heteroatoms. The third-order valence-electron chi connectivity index (χ3n) is 3.64. The van der Waals surface area contributed by atoms with Gasteiger partial charge in [-0.05, 0) is 36.8 Å². The molecule has 0 aliphatic carbocycles. The SMILES string of the molecule is CC=O.NS(=O)c1cccc(Nc2nccc(NCC(O)c3ccccc3)n2)c1. The number of aliphatic hydroxyl groups is 1. The van der Waals surface area contributed by atoms with Crippen molar-refractivity contribution < 1.29 is 14.1 Å². The molecule has 8 nitrogen and oxygen atoms in total. The van der Waals surface area contributed by atoms with Gasteiger partial charge in [0.15, 0.2) is 0 Å². The minimum absolute atomic E-state index is 0.322. The van der Waals surface area contributed by atoms with E-state index >= 15 is 0 Å². The van der Waals surface area contributed by atoms with Crippen LogP contribution in [0.15, 0.2) is 71.8 Å². The molecule has 152 valence electrons. The summed E-state index contributed by atoms with van der Waals surface area (Å²) in [7, 11) is -1.55. The summed E-state index contributed by atoms with van der Waals surface area (Å²) in [5.41, 5.74) is 1.52. The van der Waals surface area contributed by atoms with Crippen LogP contribution >= 0.6 is 0 Å². The molecule has 2 unspecified atom stereocenters. The second-order valence-electron chi connectivity index (χ2n) is 5.76. The number of rotatable bonds is 7. The van der Waals surface area contributed by atoms with Gasteiger partial charge in [0, 0.05) is 18.4 Å². The Morgan fingerprint density at radius 2 is 1.90 bits per heavy atom. The number of carbonyl (C=O) groups excluding carboxylic acids is 1. The fourth-order valence-electron chi connectivity index (χ4n) is 2.34. The first-order chi connectivity index (χ1) is 14.0. The van der Waals surface area contributed by atoms with E-state index in [2.05, 4.69) is 20.6 Å². The minimum atomic E-state index is -1.55. The predicted octanol–water partition coefficient (Wildman–Crippen LogP) is 2.55. The van der Waals surface area contributed by atoms with Crippen molar-refractivity contribution in [2.45, 2.75) is 17.9 Å². The lowest BCUT2D eigenvalue weighted by Crippen LogP contribution is -2.13. The second-order valence-corrected chi connectivity index (χ2v) is 6.83. The lowest BCUT2D eigenvalue weighted by atomic mass is 10.1. The monoisotopic (exact) mass is 413 g/mol. The zero-order valence-electron chi connectivity index (χ0n) is 15.9. The van der Waals surface area contributed by atoms with Crippen molar-refractivity contribution in [2.75, 3.05) is 17.2 Å². The van der Waals surface area contributed by atoms with Crippen LogP contribution in [0, 0.1) is 0 Å². The number of aldehydes is 1. The molecule has 0 saturated heterocycles. The Morgan fingerprint density at radius 3 is 2.59 bits per heavy atom. The number of aliphatic hydroxyl groups excluding tert-OH is 1. The Kier molecular flexibility index (Phi) is 8.90. The van der Waals surface area contributed by atoms with Crippen molar-refractivity contribution >= 4 is 34.7 Å². The van der Waals surface area contributed by atoms with Gasteiger partial charge in [-0.3, -0.25) is 0 Å². The normalized spacial score (nSPS) is 12.1. The van der Waals surface area contributed by atoms with Crippen molar-refractivity contribution in [3.8, 4) is 0 Å². The molecule has 0 bridgehead atoms. The van der Waals surface area contributed by atoms with Crippen LogP contribution < -0.4 is 15.8 Å². The molecular weight excluding hydrogens is 390 g/mol. The van der Waals surface area contributed by atoms with Gasteiger partial charge in [-0.2, -0.15) is 4.98 Å². The average Bonchev–Trinajstić information content (AvgIpc) is 2.74. The largest absolute Gasteiger partial charge is 0.387 e. The van der Waals surface area contributed by atoms with Crippen molar-refractivity contribution in [1.82, 2.24) is 9.97 Å². The summed E-state index contributed by atoms with van der Waals surface area (Å²) >= 11 is 0. The molecule has 0 aliphatic rings. The van der Waals surface area contributed by atoms with Crippen LogP contribution in [0.1, 0.15) is 18.6 Å². The van der Waals surface area contributed by atoms with Crippen LogP contribution in [0.2, 0.25) is 0 Å². The van der Waals surface area contributed by atoms with E-state index in [0.29, 0.717) is 28.9 Å². The molecule has 0 spiro atoms. The molecule has 3 aromatic rings. The highest BCUT2D eigenvalue weighted by Crippen LogP contribution is 2.18. The van der Waals surface area contributed by atoms with Crippen molar-refractivity contribution in [1.29, 1.82) is 0 Å². The van der Waals surface area contributed by atoms with Crippen molar-refractivity contribution in [2.24, 2.45) is 5.14 Å². The Bertz CT molecular complexity index is 940. The van der Waals surface area contributed by atoms with E-state index in [4.69, 9.17) is 9.93 Å². The smallest absolute Gasteiger partial charge is 0.229 e. The van der Waals surface area contributed by atoms with E-state index < -0.39 is 17.1 Å². The van der Waals surface area contributed by atoms with Gasteiger partial charge in [-0.15, -0.1) is 0 Å². The molecule has 5 N–H and O–H groups in total. The zero-order valence-corrected chi connectivity index (χ0v) is 16.7. The number of hydrogen-bond donors (Lipinski definition) is 4.